The first kappa shape index (κ1) is 19.5. The number of hydrogen-bond acceptors (Lipinski definition) is 4. The van der Waals surface area contributed by atoms with Gasteiger partial charge in [0.25, 0.3) is 5.91 Å². The van der Waals surface area contributed by atoms with Crippen LogP contribution in [0.5, 0.6) is 0 Å². The zero-order valence-electron chi connectivity index (χ0n) is 16.1. The highest BCUT2D eigenvalue weighted by molar-refractivity contribution is 7.93. The molecule has 3 aromatic rings. The van der Waals surface area contributed by atoms with Gasteiger partial charge in [-0.2, -0.15) is 4.36 Å². The van der Waals surface area contributed by atoms with Gasteiger partial charge in [-0.25, -0.2) is 9.19 Å². The van der Waals surface area contributed by atoms with Crippen LogP contribution in [0.3, 0.4) is 0 Å². The summed E-state index contributed by atoms with van der Waals surface area (Å²) in [4.78, 5) is 21.2. The maximum absolute atomic E-state index is 13.0. The highest BCUT2D eigenvalue weighted by atomic mass is 32.2. The van der Waals surface area contributed by atoms with Crippen molar-refractivity contribution in [2.75, 3.05) is 6.26 Å². The molecule has 0 saturated heterocycles. The first-order valence-corrected chi connectivity index (χ1v) is 10.5. The van der Waals surface area contributed by atoms with E-state index >= 15 is 0 Å². The first-order valence-electron chi connectivity index (χ1n) is 8.53. The second kappa shape index (κ2) is 7.79. The summed E-state index contributed by atoms with van der Waals surface area (Å²) in [5.74, 6) is 5.34. The van der Waals surface area contributed by atoms with Gasteiger partial charge in [-0.1, -0.05) is 12.0 Å². The van der Waals surface area contributed by atoms with E-state index in [-0.39, 0.29) is 5.56 Å². The van der Waals surface area contributed by atoms with Gasteiger partial charge >= 0.3 is 0 Å². The predicted octanol–water partition coefficient (Wildman–Crippen LogP) is 3.13. The van der Waals surface area contributed by atoms with Crippen molar-refractivity contribution in [1.29, 1.82) is 0 Å². The average molecular weight is 392 g/mol. The van der Waals surface area contributed by atoms with Crippen LogP contribution in [0.2, 0.25) is 0 Å². The van der Waals surface area contributed by atoms with Crippen LogP contribution < -0.4 is 0 Å². The quantitative estimate of drug-likeness (QED) is 0.628. The Hall–Kier alpha value is -3.24. The number of carbonyl (C=O) groups is 1. The fourth-order valence-electron chi connectivity index (χ4n) is 2.45. The molecule has 0 radical (unpaired) electrons. The fourth-order valence-corrected chi connectivity index (χ4v) is 3.70. The Morgan fingerprint density at radius 3 is 2.54 bits per heavy atom. The van der Waals surface area contributed by atoms with Crippen LogP contribution in [0.4, 0.5) is 0 Å². The number of hydrogen-bond donors (Lipinski definition) is 0. The van der Waals surface area contributed by atoms with E-state index in [0.29, 0.717) is 10.5 Å². The minimum absolute atomic E-state index is 0.246. The molecule has 2 heterocycles. The van der Waals surface area contributed by atoms with Crippen molar-refractivity contribution in [3.05, 3.63) is 77.1 Å². The predicted molar refractivity (Wildman–Crippen MR) is 108 cm³/mol. The highest BCUT2D eigenvalue weighted by Crippen LogP contribution is 2.17. The number of aromatic nitrogens is 3. The number of imidazole rings is 1. The Morgan fingerprint density at radius 1 is 1.07 bits per heavy atom. The third kappa shape index (κ3) is 4.35. The molecule has 0 bridgehead atoms. The van der Waals surface area contributed by atoms with Crippen LogP contribution in [0.1, 0.15) is 32.7 Å². The molecule has 6 nitrogen and oxygen atoms in total. The van der Waals surface area contributed by atoms with Gasteiger partial charge in [-0.05, 0) is 49.1 Å². The van der Waals surface area contributed by atoms with Crippen molar-refractivity contribution in [2.45, 2.75) is 18.7 Å². The number of amides is 1. The monoisotopic (exact) mass is 392 g/mol. The van der Waals surface area contributed by atoms with E-state index in [4.69, 9.17) is 0 Å². The number of carbonyl (C=O) groups excluding carboxylic acids is 1. The van der Waals surface area contributed by atoms with E-state index in [0.717, 1.165) is 16.8 Å². The van der Waals surface area contributed by atoms with Crippen molar-refractivity contribution >= 4 is 15.6 Å². The van der Waals surface area contributed by atoms with Crippen LogP contribution in [0.25, 0.3) is 0 Å². The van der Waals surface area contributed by atoms with Crippen molar-refractivity contribution in [1.82, 2.24) is 14.5 Å². The van der Waals surface area contributed by atoms with Crippen molar-refractivity contribution in [3.8, 4) is 11.8 Å². The van der Waals surface area contributed by atoms with Crippen molar-refractivity contribution in [2.24, 2.45) is 11.4 Å². The summed E-state index contributed by atoms with van der Waals surface area (Å²) in [6.45, 7) is 3.91. The minimum atomic E-state index is -2.86. The lowest BCUT2D eigenvalue weighted by Crippen LogP contribution is -2.05. The topological polar surface area (TPSA) is 77.2 Å². The summed E-state index contributed by atoms with van der Waals surface area (Å²) >= 11 is 0. The Kier molecular flexibility index (Phi) is 5.43. The zero-order chi connectivity index (χ0) is 20.3. The maximum atomic E-state index is 13.0. The van der Waals surface area contributed by atoms with Crippen molar-refractivity contribution in [3.63, 3.8) is 0 Å². The average Bonchev–Trinajstić information content (AvgIpc) is 3.07. The van der Waals surface area contributed by atoms with Crippen LogP contribution in [0, 0.1) is 25.7 Å². The molecule has 0 aliphatic rings. The second-order valence-electron chi connectivity index (χ2n) is 6.55. The molecule has 3 rings (SSSR count). The third-order valence-electron chi connectivity index (χ3n) is 4.31. The molecular weight excluding hydrogens is 372 g/mol. The molecule has 7 heteroatoms. The lowest BCUT2D eigenvalue weighted by Gasteiger charge is -2.07. The molecule has 2 aromatic heterocycles. The number of nitrogens with zero attached hydrogens (tertiary/aromatic N) is 4. The molecule has 1 unspecified atom stereocenters. The minimum Gasteiger partial charge on any atom is -0.327 e. The number of rotatable bonds is 2. The standard InChI is InChI=1S/C21H20N4O2S/c1-15-5-8-20(9-16(15)2)28(4,27)24-21(26)18-10-17(11-22-12-18)6-7-19-13-23-14-25(19)3/h5,8-14H,1-4H3. The highest BCUT2D eigenvalue weighted by Gasteiger charge is 2.13. The van der Waals surface area contributed by atoms with E-state index in [2.05, 4.69) is 26.2 Å². The van der Waals surface area contributed by atoms with Crippen LogP contribution in [-0.2, 0) is 16.8 Å². The SMILES string of the molecule is Cc1ccc(S(C)(=O)=NC(=O)c2cncc(C#Cc3cncn3C)c2)cc1C. The van der Waals surface area contributed by atoms with Gasteiger partial charge in [-0.3, -0.25) is 9.78 Å². The summed E-state index contributed by atoms with van der Waals surface area (Å²) in [6, 6.07) is 7.03. The summed E-state index contributed by atoms with van der Waals surface area (Å²) in [5.41, 5.74) is 3.65. The zero-order valence-corrected chi connectivity index (χ0v) is 16.9. The van der Waals surface area contributed by atoms with Gasteiger partial charge in [0.2, 0.25) is 0 Å². The molecule has 142 valence electrons. The Bertz CT molecular complexity index is 1240. The van der Waals surface area contributed by atoms with Crippen molar-refractivity contribution < 1.29 is 9.00 Å². The van der Waals surface area contributed by atoms with Gasteiger partial charge < -0.3 is 4.57 Å². The third-order valence-corrected chi connectivity index (χ3v) is 5.95. The smallest absolute Gasteiger partial charge is 0.286 e. The molecule has 0 N–H and O–H groups in total. The van der Waals surface area contributed by atoms with Gasteiger partial charge in [0, 0.05) is 36.2 Å². The molecule has 28 heavy (non-hydrogen) atoms. The van der Waals surface area contributed by atoms with E-state index < -0.39 is 15.6 Å². The summed E-state index contributed by atoms with van der Waals surface area (Å²) in [6.07, 6.45) is 7.74. The van der Waals surface area contributed by atoms with E-state index in [1.54, 1.807) is 35.4 Å². The van der Waals surface area contributed by atoms with E-state index in [1.165, 1.54) is 12.5 Å². The van der Waals surface area contributed by atoms with Gasteiger partial charge in [-0.15, -0.1) is 0 Å². The number of aryl methyl sites for hydroxylation is 3. The lowest BCUT2D eigenvalue weighted by atomic mass is 10.1. The Balaban J connectivity index is 1.91. The van der Waals surface area contributed by atoms with E-state index in [9.17, 15) is 9.00 Å². The lowest BCUT2D eigenvalue weighted by molar-refractivity contribution is 0.100. The molecular formula is C21H20N4O2S. The number of pyridine rings is 1. The number of benzene rings is 1. The molecule has 0 aliphatic carbocycles. The van der Waals surface area contributed by atoms with Crippen LogP contribution >= 0.6 is 0 Å². The molecule has 1 amide bonds. The van der Waals surface area contributed by atoms with Crippen LogP contribution in [0.15, 0.2) is 58.4 Å². The van der Waals surface area contributed by atoms with Gasteiger partial charge in [0.1, 0.15) is 5.69 Å². The summed E-state index contributed by atoms with van der Waals surface area (Å²) in [5, 5.41) is 0. The second-order valence-corrected chi connectivity index (χ2v) is 8.81. The van der Waals surface area contributed by atoms with Gasteiger partial charge in [0.05, 0.1) is 27.8 Å². The first-order chi connectivity index (χ1) is 13.3. The Labute approximate surface area is 164 Å². The molecule has 1 atom stereocenters. The molecule has 0 aliphatic heterocycles. The Morgan fingerprint density at radius 2 is 1.86 bits per heavy atom. The summed E-state index contributed by atoms with van der Waals surface area (Å²) < 4.78 is 18.8. The van der Waals surface area contributed by atoms with E-state index in [1.807, 2.05) is 33.0 Å². The molecule has 1 aromatic carbocycles. The van der Waals surface area contributed by atoms with Crippen LogP contribution in [-0.4, -0.2) is 30.9 Å². The maximum Gasteiger partial charge on any atom is 0.286 e. The molecule has 0 spiro atoms. The fraction of sp³-hybridized carbons (Fsp3) is 0.190. The molecule has 0 saturated carbocycles. The molecule has 0 fully saturated rings. The largest absolute Gasteiger partial charge is 0.327 e. The summed E-state index contributed by atoms with van der Waals surface area (Å²) in [7, 11) is -1.02. The van der Waals surface area contributed by atoms with Gasteiger partial charge in [0.15, 0.2) is 0 Å². The normalized spacial score (nSPS) is 12.6.